The van der Waals surface area contributed by atoms with E-state index in [0.29, 0.717) is 18.7 Å². The Morgan fingerprint density at radius 2 is 2.10 bits per heavy atom. The number of urea groups is 1. The molecule has 3 N–H and O–H groups in total. The van der Waals surface area contributed by atoms with Gasteiger partial charge in [-0.15, -0.1) is 0 Å². The van der Waals surface area contributed by atoms with Crippen LogP contribution < -0.4 is 10.6 Å². The van der Waals surface area contributed by atoms with Gasteiger partial charge in [-0.2, -0.15) is 0 Å². The number of carboxylic acids is 1. The van der Waals surface area contributed by atoms with Crippen LogP contribution in [0.5, 0.6) is 0 Å². The number of anilines is 1. The zero-order valence-corrected chi connectivity index (χ0v) is 12.3. The van der Waals surface area contributed by atoms with Gasteiger partial charge in [0.2, 0.25) is 0 Å². The monoisotopic (exact) mass is 290 g/mol. The Morgan fingerprint density at radius 1 is 1.33 bits per heavy atom. The van der Waals surface area contributed by atoms with Crippen LogP contribution in [-0.4, -0.2) is 23.7 Å². The second-order valence-corrected chi connectivity index (χ2v) is 6.07. The molecule has 0 unspecified atom stereocenters. The molecule has 0 saturated heterocycles. The van der Waals surface area contributed by atoms with Crippen molar-refractivity contribution in [2.45, 2.75) is 39.0 Å². The highest BCUT2D eigenvalue weighted by Crippen LogP contribution is 2.39. The Bertz CT molecular complexity index is 524. The summed E-state index contributed by atoms with van der Waals surface area (Å²) >= 11 is 0. The summed E-state index contributed by atoms with van der Waals surface area (Å²) in [5.41, 5.74) is 1.84. The number of carboxylic acid groups (broad SMARTS) is 1. The molecule has 0 heterocycles. The first-order chi connectivity index (χ1) is 9.97. The van der Waals surface area contributed by atoms with Gasteiger partial charge in [-0.1, -0.05) is 25.5 Å². The highest BCUT2D eigenvalue weighted by Gasteiger charge is 2.31. The molecule has 0 atom stereocenters. The Balaban J connectivity index is 1.82. The summed E-state index contributed by atoms with van der Waals surface area (Å²) in [6.07, 6.45) is 4.12. The van der Waals surface area contributed by atoms with Gasteiger partial charge >= 0.3 is 12.0 Å². The lowest BCUT2D eigenvalue weighted by Crippen LogP contribution is -2.41. The molecule has 0 aliphatic heterocycles. The zero-order valence-electron chi connectivity index (χ0n) is 12.3. The van der Waals surface area contributed by atoms with Crippen LogP contribution in [0.25, 0.3) is 0 Å². The average Bonchev–Trinajstić information content (AvgIpc) is 2.41. The molecule has 5 nitrogen and oxygen atoms in total. The summed E-state index contributed by atoms with van der Waals surface area (Å²) in [7, 11) is 0. The van der Waals surface area contributed by atoms with Crippen LogP contribution in [0.3, 0.4) is 0 Å². The van der Waals surface area contributed by atoms with Crippen LogP contribution in [0, 0.1) is 5.41 Å². The molecule has 21 heavy (non-hydrogen) atoms. The van der Waals surface area contributed by atoms with Crippen molar-refractivity contribution in [3.63, 3.8) is 0 Å². The molecule has 1 fully saturated rings. The smallest absolute Gasteiger partial charge is 0.319 e. The molecule has 5 heteroatoms. The second kappa shape index (κ2) is 6.61. The van der Waals surface area contributed by atoms with Crippen molar-refractivity contribution in [1.29, 1.82) is 0 Å². The highest BCUT2D eigenvalue weighted by molar-refractivity contribution is 5.89. The largest absolute Gasteiger partial charge is 0.481 e. The maximum absolute atomic E-state index is 11.9. The van der Waals surface area contributed by atoms with E-state index >= 15 is 0 Å². The van der Waals surface area contributed by atoms with Crippen molar-refractivity contribution >= 4 is 17.7 Å². The number of carbonyl (C=O) groups excluding carboxylic acids is 1. The second-order valence-electron chi connectivity index (χ2n) is 6.07. The van der Waals surface area contributed by atoms with Crippen molar-refractivity contribution < 1.29 is 14.7 Å². The predicted molar refractivity (Wildman–Crippen MR) is 81.4 cm³/mol. The van der Waals surface area contributed by atoms with E-state index in [-0.39, 0.29) is 17.9 Å². The van der Waals surface area contributed by atoms with E-state index in [1.165, 1.54) is 6.42 Å². The van der Waals surface area contributed by atoms with E-state index in [2.05, 4.69) is 17.6 Å². The minimum atomic E-state index is -0.820. The first-order valence-electron chi connectivity index (χ1n) is 7.32. The van der Waals surface area contributed by atoms with E-state index in [9.17, 15) is 9.59 Å². The first kappa shape index (κ1) is 15.4. The summed E-state index contributed by atoms with van der Waals surface area (Å²) in [6.45, 7) is 2.88. The SMILES string of the molecule is CC1(CNC(=O)Nc2cccc(CCC(=O)O)c2)CCC1. The number of carbonyl (C=O) groups is 2. The summed E-state index contributed by atoms with van der Waals surface area (Å²) in [6, 6.07) is 7.09. The van der Waals surface area contributed by atoms with Gasteiger partial charge in [0.1, 0.15) is 0 Å². The molecule has 1 aromatic rings. The number of aryl methyl sites for hydroxylation is 1. The molecule has 1 aromatic carbocycles. The third-order valence-electron chi connectivity index (χ3n) is 4.05. The maximum Gasteiger partial charge on any atom is 0.319 e. The molecular weight excluding hydrogens is 268 g/mol. The van der Waals surface area contributed by atoms with Crippen LogP contribution in [0.1, 0.15) is 38.2 Å². The van der Waals surface area contributed by atoms with Gasteiger partial charge in [0, 0.05) is 18.7 Å². The Hall–Kier alpha value is -2.04. The molecule has 1 aliphatic carbocycles. The van der Waals surface area contributed by atoms with Crippen LogP contribution in [-0.2, 0) is 11.2 Å². The molecule has 1 aliphatic rings. The fourth-order valence-corrected chi connectivity index (χ4v) is 2.48. The number of hydrogen-bond acceptors (Lipinski definition) is 2. The van der Waals surface area contributed by atoms with E-state index in [1.54, 1.807) is 6.07 Å². The highest BCUT2D eigenvalue weighted by atomic mass is 16.4. The van der Waals surface area contributed by atoms with E-state index in [4.69, 9.17) is 5.11 Å². The standard InChI is InChI=1S/C16H22N2O3/c1-16(8-3-9-16)11-17-15(21)18-13-5-2-4-12(10-13)6-7-14(19)20/h2,4-5,10H,3,6-9,11H2,1H3,(H,19,20)(H2,17,18,21). The van der Waals surface area contributed by atoms with Crippen LogP contribution >= 0.6 is 0 Å². The van der Waals surface area contributed by atoms with Gasteiger partial charge in [0.15, 0.2) is 0 Å². The topological polar surface area (TPSA) is 78.4 Å². The number of amides is 2. The lowest BCUT2D eigenvalue weighted by Gasteiger charge is -2.38. The molecule has 2 rings (SSSR count). The fraction of sp³-hybridized carbons (Fsp3) is 0.500. The van der Waals surface area contributed by atoms with Crippen molar-refractivity contribution in [1.82, 2.24) is 5.32 Å². The summed E-state index contributed by atoms with van der Waals surface area (Å²) in [5, 5.41) is 14.4. The number of hydrogen-bond donors (Lipinski definition) is 3. The Labute approximate surface area is 124 Å². The third kappa shape index (κ3) is 4.77. The van der Waals surface area contributed by atoms with Gasteiger partial charge in [-0.05, 0) is 42.4 Å². The maximum atomic E-state index is 11.9. The number of nitrogens with one attached hydrogen (secondary N) is 2. The normalized spacial score (nSPS) is 15.9. The molecule has 0 spiro atoms. The predicted octanol–water partition coefficient (Wildman–Crippen LogP) is 3.02. The Kier molecular flexibility index (Phi) is 4.83. The van der Waals surface area contributed by atoms with Crippen LogP contribution in [0.15, 0.2) is 24.3 Å². The van der Waals surface area contributed by atoms with Gasteiger partial charge in [0.25, 0.3) is 0 Å². The molecule has 1 saturated carbocycles. The van der Waals surface area contributed by atoms with Crippen molar-refractivity contribution in [2.75, 3.05) is 11.9 Å². The third-order valence-corrected chi connectivity index (χ3v) is 4.05. The minimum absolute atomic E-state index is 0.0913. The summed E-state index contributed by atoms with van der Waals surface area (Å²) in [4.78, 5) is 22.4. The molecule has 2 amide bonds. The van der Waals surface area contributed by atoms with Crippen molar-refractivity contribution in [2.24, 2.45) is 5.41 Å². The van der Waals surface area contributed by atoms with Gasteiger partial charge in [-0.3, -0.25) is 4.79 Å². The number of benzene rings is 1. The van der Waals surface area contributed by atoms with E-state index in [1.807, 2.05) is 18.2 Å². The van der Waals surface area contributed by atoms with E-state index in [0.717, 1.165) is 18.4 Å². The summed E-state index contributed by atoms with van der Waals surface area (Å²) < 4.78 is 0. The molecule has 0 bridgehead atoms. The fourth-order valence-electron chi connectivity index (χ4n) is 2.48. The molecule has 114 valence electrons. The molecule has 0 radical (unpaired) electrons. The lowest BCUT2D eigenvalue weighted by atomic mass is 9.70. The number of aliphatic carboxylic acids is 1. The first-order valence-corrected chi connectivity index (χ1v) is 7.32. The number of rotatable bonds is 6. The van der Waals surface area contributed by atoms with Crippen LogP contribution in [0.2, 0.25) is 0 Å². The van der Waals surface area contributed by atoms with Crippen LogP contribution in [0.4, 0.5) is 10.5 Å². The molecular formula is C16H22N2O3. The molecule has 0 aromatic heterocycles. The Morgan fingerprint density at radius 3 is 2.71 bits per heavy atom. The summed E-state index contributed by atoms with van der Waals surface area (Å²) in [5.74, 6) is -0.820. The van der Waals surface area contributed by atoms with Crippen molar-refractivity contribution in [3.05, 3.63) is 29.8 Å². The zero-order chi connectivity index (χ0) is 15.3. The average molecular weight is 290 g/mol. The lowest BCUT2D eigenvalue weighted by molar-refractivity contribution is -0.136. The quantitative estimate of drug-likeness (QED) is 0.753. The van der Waals surface area contributed by atoms with Crippen molar-refractivity contribution in [3.8, 4) is 0 Å². The van der Waals surface area contributed by atoms with Gasteiger partial charge in [-0.25, -0.2) is 4.79 Å². The minimum Gasteiger partial charge on any atom is -0.481 e. The van der Waals surface area contributed by atoms with Gasteiger partial charge < -0.3 is 15.7 Å². The van der Waals surface area contributed by atoms with E-state index < -0.39 is 5.97 Å². The van der Waals surface area contributed by atoms with Gasteiger partial charge in [0.05, 0.1) is 0 Å².